The van der Waals surface area contributed by atoms with Gasteiger partial charge in [0.15, 0.2) is 0 Å². The fourth-order valence-corrected chi connectivity index (χ4v) is 2.39. The fourth-order valence-electron chi connectivity index (χ4n) is 1.96. The summed E-state index contributed by atoms with van der Waals surface area (Å²) in [6, 6.07) is 13.8. The van der Waals surface area contributed by atoms with Crippen LogP contribution in [0.4, 0.5) is 0 Å². The molecule has 1 atom stereocenters. The SMILES string of the molecule is COc1cccc([C@H](C)NCc2ccc(O)c(Br)c2)c1. The van der Waals surface area contributed by atoms with Gasteiger partial charge in [0.25, 0.3) is 0 Å². The maximum atomic E-state index is 9.48. The Kier molecular flexibility index (Phi) is 5.04. The summed E-state index contributed by atoms with van der Waals surface area (Å²) in [6.45, 7) is 2.85. The quantitative estimate of drug-likeness (QED) is 0.867. The smallest absolute Gasteiger partial charge is 0.129 e. The third-order valence-electron chi connectivity index (χ3n) is 3.22. The van der Waals surface area contributed by atoms with Crippen molar-refractivity contribution in [2.45, 2.75) is 19.5 Å². The summed E-state index contributed by atoms with van der Waals surface area (Å²) in [7, 11) is 1.67. The van der Waals surface area contributed by atoms with Crippen LogP contribution in [-0.4, -0.2) is 12.2 Å². The van der Waals surface area contributed by atoms with Gasteiger partial charge >= 0.3 is 0 Å². The molecule has 0 aliphatic carbocycles. The molecule has 0 aliphatic rings. The van der Waals surface area contributed by atoms with E-state index in [0.29, 0.717) is 4.47 Å². The summed E-state index contributed by atoms with van der Waals surface area (Å²) < 4.78 is 5.95. The first-order valence-electron chi connectivity index (χ1n) is 6.45. The van der Waals surface area contributed by atoms with Gasteiger partial charge in [0.1, 0.15) is 11.5 Å². The zero-order chi connectivity index (χ0) is 14.5. The number of methoxy groups -OCH3 is 1. The van der Waals surface area contributed by atoms with Crippen molar-refractivity contribution in [1.29, 1.82) is 0 Å². The Labute approximate surface area is 127 Å². The lowest BCUT2D eigenvalue weighted by Gasteiger charge is -2.15. The van der Waals surface area contributed by atoms with Crippen molar-refractivity contribution in [3.63, 3.8) is 0 Å². The Morgan fingerprint density at radius 1 is 1.25 bits per heavy atom. The molecule has 2 aromatic carbocycles. The maximum Gasteiger partial charge on any atom is 0.129 e. The largest absolute Gasteiger partial charge is 0.507 e. The van der Waals surface area contributed by atoms with Crippen LogP contribution in [0.5, 0.6) is 11.5 Å². The van der Waals surface area contributed by atoms with Gasteiger partial charge in [-0.2, -0.15) is 0 Å². The summed E-state index contributed by atoms with van der Waals surface area (Å²) in [5, 5.41) is 12.9. The normalized spacial score (nSPS) is 12.2. The highest BCUT2D eigenvalue weighted by atomic mass is 79.9. The topological polar surface area (TPSA) is 41.5 Å². The molecule has 0 spiro atoms. The summed E-state index contributed by atoms with van der Waals surface area (Å²) >= 11 is 3.32. The van der Waals surface area contributed by atoms with Gasteiger partial charge in [-0.25, -0.2) is 0 Å². The summed E-state index contributed by atoms with van der Waals surface area (Å²) in [6.07, 6.45) is 0. The predicted octanol–water partition coefficient (Wildman–Crippen LogP) is 4.01. The van der Waals surface area contributed by atoms with Crippen LogP contribution in [0.3, 0.4) is 0 Å². The van der Waals surface area contributed by atoms with E-state index in [-0.39, 0.29) is 11.8 Å². The molecule has 2 rings (SSSR count). The second-order valence-electron chi connectivity index (χ2n) is 4.66. The van der Waals surface area contributed by atoms with Gasteiger partial charge in [-0.05, 0) is 58.2 Å². The summed E-state index contributed by atoms with van der Waals surface area (Å²) in [5.74, 6) is 1.12. The second kappa shape index (κ2) is 6.77. The van der Waals surface area contributed by atoms with E-state index in [1.807, 2.05) is 30.3 Å². The molecule has 0 fully saturated rings. The van der Waals surface area contributed by atoms with Crippen molar-refractivity contribution in [1.82, 2.24) is 5.32 Å². The number of rotatable bonds is 5. The van der Waals surface area contributed by atoms with Crippen molar-refractivity contribution in [2.24, 2.45) is 0 Å². The number of ether oxygens (including phenoxy) is 1. The first-order valence-corrected chi connectivity index (χ1v) is 7.24. The van der Waals surface area contributed by atoms with E-state index in [4.69, 9.17) is 4.74 Å². The molecule has 0 saturated carbocycles. The maximum absolute atomic E-state index is 9.48. The van der Waals surface area contributed by atoms with Crippen molar-refractivity contribution in [3.8, 4) is 11.5 Å². The molecule has 2 aromatic rings. The summed E-state index contributed by atoms with van der Waals surface area (Å²) in [4.78, 5) is 0. The molecule has 0 amide bonds. The Bertz CT molecular complexity index is 586. The van der Waals surface area contributed by atoms with Gasteiger partial charge in [-0.3, -0.25) is 0 Å². The number of aromatic hydroxyl groups is 1. The Morgan fingerprint density at radius 3 is 2.75 bits per heavy atom. The average Bonchev–Trinajstić information content (AvgIpc) is 2.48. The highest BCUT2D eigenvalue weighted by Gasteiger charge is 2.06. The molecule has 3 nitrogen and oxygen atoms in total. The van der Waals surface area contributed by atoms with E-state index >= 15 is 0 Å². The summed E-state index contributed by atoms with van der Waals surface area (Å²) in [5.41, 5.74) is 2.30. The third-order valence-corrected chi connectivity index (χ3v) is 3.85. The van der Waals surface area contributed by atoms with E-state index in [9.17, 15) is 5.11 Å². The average molecular weight is 336 g/mol. The lowest BCUT2D eigenvalue weighted by molar-refractivity contribution is 0.413. The molecule has 0 aromatic heterocycles. The molecule has 0 bridgehead atoms. The van der Waals surface area contributed by atoms with Crippen LogP contribution in [0.15, 0.2) is 46.9 Å². The minimum Gasteiger partial charge on any atom is -0.507 e. The van der Waals surface area contributed by atoms with Gasteiger partial charge in [0.2, 0.25) is 0 Å². The van der Waals surface area contributed by atoms with E-state index in [1.54, 1.807) is 13.2 Å². The van der Waals surface area contributed by atoms with Gasteiger partial charge < -0.3 is 15.2 Å². The number of benzene rings is 2. The highest BCUT2D eigenvalue weighted by molar-refractivity contribution is 9.10. The van der Waals surface area contributed by atoms with Crippen LogP contribution in [0, 0.1) is 0 Å². The molecule has 2 N–H and O–H groups in total. The van der Waals surface area contributed by atoms with E-state index in [2.05, 4.69) is 34.2 Å². The van der Waals surface area contributed by atoms with E-state index in [1.165, 1.54) is 5.56 Å². The molecule has 106 valence electrons. The Morgan fingerprint density at radius 2 is 2.05 bits per heavy atom. The third kappa shape index (κ3) is 3.74. The Balaban J connectivity index is 2.00. The molecule has 0 radical (unpaired) electrons. The number of nitrogens with one attached hydrogen (secondary N) is 1. The van der Waals surface area contributed by atoms with Crippen molar-refractivity contribution in [3.05, 3.63) is 58.1 Å². The van der Waals surface area contributed by atoms with Crippen LogP contribution in [-0.2, 0) is 6.54 Å². The van der Waals surface area contributed by atoms with Crippen LogP contribution >= 0.6 is 15.9 Å². The molecule has 20 heavy (non-hydrogen) atoms. The van der Waals surface area contributed by atoms with Crippen molar-refractivity contribution >= 4 is 15.9 Å². The zero-order valence-electron chi connectivity index (χ0n) is 11.6. The predicted molar refractivity (Wildman–Crippen MR) is 84.1 cm³/mol. The second-order valence-corrected chi connectivity index (χ2v) is 5.52. The number of hydrogen-bond donors (Lipinski definition) is 2. The van der Waals surface area contributed by atoms with E-state index in [0.717, 1.165) is 17.9 Å². The molecular formula is C16H18BrNO2. The number of phenols is 1. The molecule has 0 saturated heterocycles. The molecular weight excluding hydrogens is 318 g/mol. The van der Waals surface area contributed by atoms with Crippen LogP contribution in [0.25, 0.3) is 0 Å². The van der Waals surface area contributed by atoms with Crippen molar-refractivity contribution < 1.29 is 9.84 Å². The molecule has 0 heterocycles. The zero-order valence-corrected chi connectivity index (χ0v) is 13.1. The Hall–Kier alpha value is -1.52. The van der Waals surface area contributed by atoms with Crippen LogP contribution < -0.4 is 10.1 Å². The van der Waals surface area contributed by atoms with Gasteiger partial charge in [0, 0.05) is 12.6 Å². The fraction of sp³-hybridized carbons (Fsp3) is 0.250. The van der Waals surface area contributed by atoms with Crippen LogP contribution in [0.2, 0.25) is 0 Å². The first-order chi connectivity index (χ1) is 9.60. The van der Waals surface area contributed by atoms with Gasteiger partial charge in [-0.1, -0.05) is 18.2 Å². The molecule has 0 aliphatic heterocycles. The lowest BCUT2D eigenvalue weighted by atomic mass is 10.1. The van der Waals surface area contributed by atoms with Gasteiger partial charge in [0.05, 0.1) is 11.6 Å². The number of halogens is 1. The lowest BCUT2D eigenvalue weighted by Crippen LogP contribution is -2.18. The monoisotopic (exact) mass is 335 g/mol. The standard InChI is InChI=1S/C16H18BrNO2/c1-11(13-4-3-5-14(9-13)20-2)18-10-12-6-7-16(19)15(17)8-12/h3-9,11,18-19H,10H2,1-2H3/t11-/m0/s1. The highest BCUT2D eigenvalue weighted by Crippen LogP contribution is 2.25. The van der Waals surface area contributed by atoms with Crippen LogP contribution in [0.1, 0.15) is 24.1 Å². The number of phenolic OH excluding ortho intramolecular Hbond substituents is 1. The first kappa shape index (κ1) is 14.9. The van der Waals surface area contributed by atoms with E-state index < -0.39 is 0 Å². The molecule has 0 unspecified atom stereocenters. The minimum atomic E-state index is 0.220. The van der Waals surface area contributed by atoms with Gasteiger partial charge in [-0.15, -0.1) is 0 Å². The molecule has 4 heteroatoms. The number of hydrogen-bond acceptors (Lipinski definition) is 3. The minimum absolute atomic E-state index is 0.220. The van der Waals surface area contributed by atoms with Crippen molar-refractivity contribution in [2.75, 3.05) is 7.11 Å².